The minimum absolute atomic E-state index is 0.0233. The van der Waals surface area contributed by atoms with E-state index in [-0.39, 0.29) is 18.4 Å². The van der Waals surface area contributed by atoms with Gasteiger partial charge in [-0.15, -0.1) is 0 Å². The maximum absolute atomic E-state index is 11.6. The largest absolute Gasteiger partial charge is 0.481 e. The molecule has 1 rings (SSSR count). The van der Waals surface area contributed by atoms with Gasteiger partial charge >= 0.3 is 5.97 Å². The monoisotopic (exact) mass is 250 g/mol. The zero-order chi connectivity index (χ0) is 12.3. The van der Waals surface area contributed by atoms with Crippen LogP contribution in [0.25, 0.3) is 0 Å². The molecule has 0 saturated heterocycles. The zero-order valence-corrected chi connectivity index (χ0v) is 10.3. The van der Waals surface area contributed by atoms with Crippen molar-refractivity contribution in [3.8, 4) is 0 Å². The van der Waals surface area contributed by atoms with Crippen molar-refractivity contribution in [3.05, 3.63) is 0 Å². The van der Waals surface area contributed by atoms with Crippen LogP contribution in [0.15, 0.2) is 0 Å². The second-order valence-corrected chi connectivity index (χ2v) is 5.94. The summed E-state index contributed by atoms with van der Waals surface area (Å²) in [4.78, 5) is 10.6. The van der Waals surface area contributed by atoms with Crippen LogP contribution in [0.5, 0.6) is 0 Å². The lowest BCUT2D eigenvalue weighted by molar-refractivity contribution is -0.137. The topological polar surface area (TPSA) is 95.5 Å². The van der Waals surface area contributed by atoms with Gasteiger partial charge in [-0.1, -0.05) is 13.8 Å². The molecule has 0 heterocycles. The lowest BCUT2D eigenvalue weighted by Crippen LogP contribution is -2.46. The van der Waals surface area contributed by atoms with E-state index in [1.807, 2.05) is 0 Å². The van der Waals surface area contributed by atoms with E-state index in [1.165, 1.54) is 0 Å². The van der Waals surface area contributed by atoms with Crippen LogP contribution in [0, 0.1) is 5.92 Å². The molecule has 94 valence electrons. The Hall–Kier alpha value is -0.660. The van der Waals surface area contributed by atoms with Gasteiger partial charge in [0.2, 0.25) is 0 Å². The first-order valence-corrected chi connectivity index (χ1v) is 6.80. The van der Waals surface area contributed by atoms with Crippen molar-refractivity contribution >= 4 is 16.2 Å². The molecule has 0 aromatic rings. The van der Waals surface area contributed by atoms with Crippen molar-refractivity contribution in [3.63, 3.8) is 0 Å². The second kappa shape index (κ2) is 5.11. The molecule has 0 amide bonds. The van der Waals surface area contributed by atoms with Gasteiger partial charge in [0.15, 0.2) is 0 Å². The van der Waals surface area contributed by atoms with E-state index >= 15 is 0 Å². The summed E-state index contributed by atoms with van der Waals surface area (Å²) in [7, 11) is -3.57. The molecule has 1 saturated carbocycles. The van der Waals surface area contributed by atoms with E-state index in [0.29, 0.717) is 0 Å². The summed E-state index contributed by atoms with van der Waals surface area (Å²) in [5.74, 6) is -1.07. The van der Waals surface area contributed by atoms with Crippen molar-refractivity contribution in [2.75, 3.05) is 0 Å². The van der Waals surface area contributed by atoms with Gasteiger partial charge in [0.1, 0.15) is 0 Å². The molecule has 1 aliphatic carbocycles. The summed E-state index contributed by atoms with van der Waals surface area (Å²) >= 11 is 0. The highest BCUT2D eigenvalue weighted by Gasteiger charge is 2.29. The Morgan fingerprint density at radius 3 is 2.38 bits per heavy atom. The smallest absolute Gasteiger partial charge is 0.304 e. The van der Waals surface area contributed by atoms with Crippen LogP contribution in [-0.2, 0) is 15.0 Å². The molecule has 16 heavy (non-hydrogen) atoms. The first-order chi connectivity index (χ1) is 7.30. The number of carboxylic acid groups (broad SMARTS) is 1. The summed E-state index contributed by atoms with van der Waals surface area (Å²) in [6.45, 7) is 3.57. The quantitative estimate of drug-likeness (QED) is 0.596. The molecule has 7 heteroatoms. The van der Waals surface area contributed by atoms with Gasteiger partial charge in [0, 0.05) is 12.1 Å². The van der Waals surface area contributed by atoms with E-state index in [9.17, 15) is 13.2 Å². The van der Waals surface area contributed by atoms with Crippen LogP contribution in [-0.4, -0.2) is 31.6 Å². The van der Waals surface area contributed by atoms with Crippen molar-refractivity contribution in [2.24, 2.45) is 5.92 Å². The number of hydrogen-bond donors (Lipinski definition) is 3. The lowest BCUT2D eigenvalue weighted by Gasteiger charge is -2.20. The maximum atomic E-state index is 11.6. The number of carbonyl (C=O) groups is 1. The molecule has 0 bridgehead atoms. The molecule has 1 fully saturated rings. The standard InChI is InChI=1S/C9H18N2O4S/c1-6(2)8(5-9(12)13)11-16(14,15)10-7-3-4-7/h6-8,10-11H,3-5H2,1-2H3,(H,12,13). The first-order valence-electron chi connectivity index (χ1n) is 5.31. The third kappa shape index (κ3) is 4.91. The van der Waals surface area contributed by atoms with Gasteiger partial charge in [-0.05, 0) is 18.8 Å². The van der Waals surface area contributed by atoms with Crippen LogP contribution >= 0.6 is 0 Å². The molecule has 0 aliphatic heterocycles. The SMILES string of the molecule is CC(C)C(CC(=O)O)NS(=O)(=O)NC1CC1. The number of hydrogen-bond acceptors (Lipinski definition) is 3. The summed E-state index contributed by atoms with van der Waals surface area (Å²) < 4.78 is 28.0. The summed E-state index contributed by atoms with van der Waals surface area (Å²) in [6, 6.07) is -0.552. The van der Waals surface area contributed by atoms with Crippen LogP contribution in [0.2, 0.25) is 0 Å². The van der Waals surface area contributed by atoms with Crippen molar-refractivity contribution in [1.82, 2.24) is 9.44 Å². The van der Waals surface area contributed by atoms with E-state index in [2.05, 4.69) is 9.44 Å². The van der Waals surface area contributed by atoms with Gasteiger partial charge in [0.25, 0.3) is 10.2 Å². The van der Waals surface area contributed by atoms with E-state index in [4.69, 9.17) is 5.11 Å². The minimum Gasteiger partial charge on any atom is -0.481 e. The van der Waals surface area contributed by atoms with E-state index < -0.39 is 22.2 Å². The maximum Gasteiger partial charge on any atom is 0.304 e. The van der Waals surface area contributed by atoms with Crippen LogP contribution in [0.1, 0.15) is 33.1 Å². The molecule has 0 radical (unpaired) electrons. The highest BCUT2D eigenvalue weighted by molar-refractivity contribution is 7.87. The highest BCUT2D eigenvalue weighted by atomic mass is 32.2. The molecule has 0 aromatic carbocycles. The van der Waals surface area contributed by atoms with Gasteiger partial charge in [-0.25, -0.2) is 0 Å². The Morgan fingerprint density at radius 2 is 2.00 bits per heavy atom. The first kappa shape index (κ1) is 13.4. The van der Waals surface area contributed by atoms with Crippen LogP contribution < -0.4 is 9.44 Å². The normalized spacial score (nSPS) is 18.7. The Labute approximate surface area is 95.6 Å². The summed E-state index contributed by atoms with van der Waals surface area (Å²) in [5, 5.41) is 8.67. The van der Waals surface area contributed by atoms with Crippen LogP contribution in [0.3, 0.4) is 0 Å². The predicted molar refractivity (Wildman–Crippen MR) is 59.1 cm³/mol. The molecule has 3 N–H and O–H groups in total. The molecule has 0 aromatic heterocycles. The third-order valence-corrected chi connectivity index (χ3v) is 3.66. The summed E-state index contributed by atoms with van der Waals surface area (Å²) in [5.41, 5.74) is 0. The molecule has 1 unspecified atom stereocenters. The highest BCUT2D eigenvalue weighted by Crippen LogP contribution is 2.19. The average molecular weight is 250 g/mol. The fourth-order valence-corrected chi connectivity index (χ4v) is 2.75. The molecule has 6 nitrogen and oxygen atoms in total. The second-order valence-electron chi connectivity index (χ2n) is 4.46. The van der Waals surface area contributed by atoms with Crippen molar-refractivity contribution in [2.45, 2.75) is 45.2 Å². The number of rotatable bonds is 7. The third-order valence-electron chi connectivity index (χ3n) is 2.40. The average Bonchev–Trinajstić information content (AvgIpc) is 2.84. The Bertz CT molecular complexity index is 349. The van der Waals surface area contributed by atoms with Gasteiger partial charge in [-0.3, -0.25) is 4.79 Å². The fourth-order valence-electron chi connectivity index (χ4n) is 1.26. The van der Waals surface area contributed by atoms with E-state index in [0.717, 1.165) is 12.8 Å². The number of carboxylic acids is 1. The molecule has 0 spiro atoms. The van der Waals surface area contributed by atoms with Crippen molar-refractivity contribution in [1.29, 1.82) is 0 Å². The van der Waals surface area contributed by atoms with Crippen LogP contribution in [0.4, 0.5) is 0 Å². The lowest BCUT2D eigenvalue weighted by atomic mass is 10.0. The van der Waals surface area contributed by atoms with Crippen molar-refractivity contribution < 1.29 is 18.3 Å². The number of nitrogens with one attached hydrogen (secondary N) is 2. The molecular weight excluding hydrogens is 232 g/mol. The Balaban J connectivity index is 2.55. The molecule has 1 atom stereocenters. The minimum atomic E-state index is -3.57. The van der Waals surface area contributed by atoms with Gasteiger partial charge < -0.3 is 5.11 Å². The van der Waals surface area contributed by atoms with E-state index in [1.54, 1.807) is 13.8 Å². The zero-order valence-electron chi connectivity index (χ0n) is 9.43. The Kier molecular flexibility index (Phi) is 4.28. The fraction of sp³-hybridized carbons (Fsp3) is 0.889. The number of aliphatic carboxylic acids is 1. The Morgan fingerprint density at radius 1 is 1.44 bits per heavy atom. The summed E-state index contributed by atoms with van der Waals surface area (Å²) in [6.07, 6.45) is 1.50. The van der Waals surface area contributed by atoms with Gasteiger partial charge in [0.05, 0.1) is 6.42 Å². The predicted octanol–water partition coefficient (Wildman–Crippen LogP) is 0.0721. The van der Waals surface area contributed by atoms with Gasteiger partial charge in [-0.2, -0.15) is 17.9 Å². The molecular formula is C9H18N2O4S. The molecule has 1 aliphatic rings.